The summed E-state index contributed by atoms with van der Waals surface area (Å²) in [7, 11) is 0. The fourth-order valence-electron chi connectivity index (χ4n) is 2.33. The highest BCUT2D eigenvalue weighted by atomic mass is 79.9. The van der Waals surface area contributed by atoms with E-state index in [1.807, 2.05) is 18.2 Å². The van der Waals surface area contributed by atoms with E-state index in [-0.39, 0.29) is 0 Å². The fraction of sp³-hybridized carbons (Fsp3) is 0.368. The van der Waals surface area contributed by atoms with Crippen LogP contribution < -0.4 is 15.4 Å². The van der Waals surface area contributed by atoms with Crippen LogP contribution in [-0.4, -0.2) is 19.6 Å². The van der Waals surface area contributed by atoms with Gasteiger partial charge >= 0.3 is 0 Å². The molecule has 5 heteroatoms. The van der Waals surface area contributed by atoms with E-state index in [1.54, 1.807) is 0 Å². The number of halogens is 2. The van der Waals surface area contributed by atoms with Gasteiger partial charge in [0.25, 0.3) is 0 Å². The minimum atomic E-state index is 0.556. The van der Waals surface area contributed by atoms with Crippen molar-refractivity contribution in [2.75, 3.05) is 19.6 Å². The van der Waals surface area contributed by atoms with Gasteiger partial charge in [-0.3, -0.25) is 0 Å². The van der Waals surface area contributed by atoms with Gasteiger partial charge in [0.15, 0.2) is 0 Å². The van der Waals surface area contributed by atoms with Gasteiger partial charge in [-0.2, -0.15) is 0 Å². The number of hydrogen-bond acceptors (Lipinski definition) is 3. The molecule has 0 amide bonds. The maximum atomic E-state index is 5.96. The summed E-state index contributed by atoms with van der Waals surface area (Å²) in [5, 5.41) is 6.80. The molecular formula is C19H24Br2N2O. The van der Waals surface area contributed by atoms with E-state index >= 15 is 0 Å². The Morgan fingerprint density at radius 2 is 1.58 bits per heavy atom. The van der Waals surface area contributed by atoms with E-state index < -0.39 is 0 Å². The molecule has 2 N–H and O–H groups in total. The van der Waals surface area contributed by atoms with E-state index in [0.717, 1.165) is 52.9 Å². The van der Waals surface area contributed by atoms with Crippen molar-refractivity contribution >= 4 is 31.9 Å². The monoisotopic (exact) mass is 454 g/mol. The molecule has 0 aromatic heterocycles. The molecule has 0 saturated heterocycles. The predicted octanol–water partition coefficient (Wildman–Crippen LogP) is 4.88. The van der Waals surface area contributed by atoms with Crippen molar-refractivity contribution in [2.45, 2.75) is 26.5 Å². The van der Waals surface area contributed by atoms with Crippen molar-refractivity contribution in [2.24, 2.45) is 0 Å². The second-order valence-electron chi connectivity index (χ2n) is 5.55. The lowest BCUT2D eigenvalue weighted by Crippen LogP contribution is -2.21. The molecule has 0 radical (unpaired) electrons. The zero-order valence-corrected chi connectivity index (χ0v) is 17.1. The van der Waals surface area contributed by atoms with Crippen LogP contribution in [0.2, 0.25) is 0 Å². The van der Waals surface area contributed by atoms with Crippen molar-refractivity contribution in [3.05, 3.63) is 62.5 Å². The first-order chi connectivity index (χ1) is 11.7. The third-order valence-electron chi connectivity index (χ3n) is 3.57. The van der Waals surface area contributed by atoms with Crippen molar-refractivity contribution in [3.63, 3.8) is 0 Å². The molecule has 0 aliphatic heterocycles. The highest BCUT2D eigenvalue weighted by Gasteiger charge is 2.09. The van der Waals surface area contributed by atoms with Gasteiger partial charge in [-0.25, -0.2) is 0 Å². The molecule has 0 unspecified atom stereocenters. The Kier molecular flexibility index (Phi) is 8.81. The summed E-state index contributed by atoms with van der Waals surface area (Å²) in [6.45, 7) is 6.63. The molecule has 0 heterocycles. The van der Waals surface area contributed by atoms with E-state index in [1.165, 1.54) is 5.56 Å². The van der Waals surface area contributed by atoms with Crippen LogP contribution in [-0.2, 0) is 13.2 Å². The minimum Gasteiger partial charge on any atom is -0.487 e. The van der Waals surface area contributed by atoms with Crippen LogP contribution in [0.5, 0.6) is 5.75 Å². The Balaban J connectivity index is 1.86. The number of hydrogen-bond donors (Lipinski definition) is 2. The van der Waals surface area contributed by atoms with Crippen molar-refractivity contribution in [3.8, 4) is 5.75 Å². The smallest absolute Gasteiger partial charge is 0.148 e. The van der Waals surface area contributed by atoms with Crippen molar-refractivity contribution in [1.29, 1.82) is 0 Å². The zero-order chi connectivity index (χ0) is 17.2. The molecule has 0 spiro atoms. The van der Waals surface area contributed by atoms with Crippen molar-refractivity contribution in [1.82, 2.24) is 10.6 Å². The maximum Gasteiger partial charge on any atom is 0.148 e. The van der Waals surface area contributed by atoms with Gasteiger partial charge in [-0.1, -0.05) is 37.3 Å². The largest absolute Gasteiger partial charge is 0.487 e. The molecule has 0 aliphatic carbocycles. The van der Waals surface area contributed by atoms with Crippen LogP contribution in [0.1, 0.15) is 24.5 Å². The van der Waals surface area contributed by atoms with Gasteiger partial charge in [0, 0.05) is 6.54 Å². The Labute approximate surface area is 161 Å². The maximum absolute atomic E-state index is 5.96. The Morgan fingerprint density at radius 1 is 0.917 bits per heavy atom. The first-order valence-corrected chi connectivity index (χ1v) is 9.85. The highest BCUT2D eigenvalue weighted by molar-refractivity contribution is 9.11. The topological polar surface area (TPSA) is 33.3 Å². The van der Waals surface area contributed by atoms with Gasteiger partial charge in [-0.05, 0) is 81.2 Å². The summed E-state index contributed by atoms with van der Waals surface area (Å²) in [5.41, 5.74) is 2.38. The summed E-state index contributed by atoms with van der Waals surface area (Å²) >= 11 is 7.24. The molecule has 0 fully saturated rings. The predicted molar refractivity (Wildman–Crippen MR) is 107 cm³/mol. The highest BCUT2D eigenvalue weighted by Crippen LogP contribution is 2.35. The first-order valence-electron chi connectivity index (χ1n) is 8.26. The van der Waals surface area contributed by atoms with Crippen LogP contribution in [0.25, 0.3) is 0 Å². The van der Waals surface area contributed by atoms with Gasteiger partial charge < -0.3 is 15.4 Å². The minimum absolute atomic E-state index is 0.556. The number of benzene rings is 2. The van der Waals surface area contributed by atoms with E-state index in [0.29, 0.717) is 6.61 Å². The summed E-state index contributed by atoms with van der Waals surface area (Å²) in [4.78, 5) is 0. The Morgan fingerprint density at radius 3 is 2.25 bits per heavy atom. The molecular weight excluding hydrogens is 432 g/mol. The van der Waals surface area contributed by atoms with Crippen LogP contribution in [0, 0.1) is 0 Å². The normalized spacial score (nSPS) is 10.8. The average molecular weight is 456 g/mol. The summed E-state index contributed by atoms with van der Waals surface area (Å²) in [6, 6.07) is 14.4. The standard InChI is InChI=1S/C19H24Br2N2O/c1-2-22-9-6-10-23-13-16-11-17(20)19(18(21)12-16)24-14-15-7-4-3-5-8-15/h3-5,7-8,11-12,22-23H,2,6,9-10,13-14H2,1H3. The lowest BCUT2D eigenvalue weighted by Gasteiger charge is -2.13. The lowest BCUT2D eigenvalue weighted by atomic mass is 10.2. The first kappa shape index (κ1) is 19.4. The molecule has 0 bridgehead atoms. The van der Waals surface area contributed by atoms with Gasteiger partial charge in [0.05, 0.1) is 8.95 Å². The molecule has 2 aromatic carbocycles. The quantitative estimate of drug-likeness (QED) is 0.501. The van der Waals surface area contributed by atoms with Gasteiger partial charge in [0.2, 0.25) is 0 Å². The molecule has 0 saturated carbocycles. The molecule has 2 rings (SSSR count). The van der Waals surface area contributed by atoms with Crippen LogP contribution >= 0.6 is 31.9 Å². The lowest BCUT2D eigenvalue weighted by molar-refractivity contribution is 0.302. The van der Waals surface area contributed by atoms with Crippen LogP contribution in [0.3, 0.4) is 0 Å². The molecule has 0 aliphatic rings. The Bertz CT molecular complexity index is 597. The van der Waals surface area contributed by atoms with Crippen LogP contribution in [0.15, 0.2) is 51.4 Å². The van der Waals surface area contributed by atoms with Crippen molar-refractivity contribution < 1.29 is 4.74 Å². The van der Waals surface area contributed by atoms with E-state index in [2.05, 4.69) is 73.7 Å². The summed E-state index contributed by atoms with van der Waals surface area (Å²) in [5.74, 6) is 0.842. The number of nitrogens with one attached hydrogen (secondary N) is 2. The van der Waals surface area contributed by atoms with Gasteiger partial charge in [0.1, 0.15) is 12.4 Å². The number of rotatable bonds is 10. The molecule has 24 heavy (non-hydrogen) atoms. The third kappa shape index (κ3) is 6.55. The van der Waals surface area contributed by atoms with Crippen LogP contribution in [0.4, 0.5) is 0 Å². The van der Waals surface area contributed by atoms with Gasteiger partial charge in [-0.15, -0.1) is 0 Å². The third-order valence-corrected chi connectivity index (χ3v) is 4.75. The Hall–Kier alpha value is -0.880. The second kappa shape index (κ2) is 10.9. The summed E-state index contributed by atoms with van der Waals surface area (Å²) in [6.07, 6.45) is 1.13. The fourth-order valence-corrected chi connectivity index (χ4v) is 3.84. The average Bonchev–Trinajstić information content (AvgIpc) is 2.58. The molecule has 3 nitrogen and oxygen atoms in total. The molecule has 2 aromatic rings. The van der Waals surface area contributed by atoms with E-state index in [9.17, 15) is 0 Å². The molecule has 130 valence electrons. The van der Waals surface area contributed by atoms with E-state index in [4.69, 9.17) is 4.74 Å². The SMILES string of the molecule is CCNCCCNCc1cc(Br)c(OCc2ccccc2)c(Br)c1. The zero-order valence-electron chi connectivity index (χ0n) is 13.9. The molecule has 0 atom stereocenters. The number of ether oxygens (including phenoxy) is 1. The summed E-state index contributed by atoms with van der Waals surface area (Å²) < 4.78 is 7.90. The second-order valence-corrected chi connectivity index (χ2v) is 7.26.